The lowest BCUT2D eigenvalue weighted by atomic mass is 10.1. The second-order valence-electron chi connectivity index (χ2n) is 4.28. The maximum atomic E-state index is 10.2. The molecule has 0 aromatic carbocycles. The number of aromatic nitrogens is 2. The molecule has 5 nitrogen and oxygen atoms in total. The van der Waals surface area contributed by atoms with Gasteiger partial charge in [0, 0.05) is 25.5 Å². The van der Waals surface area contributed by atoms with Crippen molar-refractivity contribution >= 4 is 0 Å². The van der Waals surface area contributed by atoms with Gasteiger partial charge in [0.05, 0.1) is 18.5 Å². The summed E-state index contributed by atoms with van der Waals surface area (Å²) in [5.41, 5.74) is 0.579. The van der Waals surface area contributed by atoms with E-state index in [1.165, 1.54) is 0 Å². The molecule has 1 saturated heterocycles. The molecule has 1 fully saturated rings. The van der Waals surface area contributed by atoms with Gasteiger partial charge in [-0.15, -0.1) is 0 Å². The van der Waals surface area contributed by atoms with Crippen molar-refractivity contribution in [1.82, 2.24) is 14.9 Å². The van der Waals surface area contributed by atoms with Crippen LogP contribution < -0.4 is 0 Å². The fourth-order valence-electron chi connectivity index (χ4n) is 2.10. The molecule has 17 heavy (non-hydrogen) atoms. The van der Waals surface area contributed by atoms with Crippen molar-refractivity contribution in [3.8, 4) is 0 Å². The largest absolute Gasteiger partial charge is 0.384 e. The van der Waals surface area contributed by atoms with Gasteiger partial charge in [-0.1, -0.05) is 6.92 Å². The minimum absolute atomic E-state index is 0.202. The lowest BCUT2D eigenvalue weighted by Gasteiger charge is -2.34. The molecule has 1 aromatic rings. The number of rotatable bonds is 4. The highest BCUT2D eigenvalue weighted by Gasteiger charge is 2.28. The SMILES string of the molecule is CCCN1CCOC(C(O)c2cnccn2)C1. The molecule has 1 aliphatic heterocycles. The van der Waals surface area contributed by atoms with Crippen LogP contribution in [0.25, 0.3) is 0 Å². The zero-order valence-electron chi connectivity index (χ0n) is 10.1. The number of aliphatic hydroxyl groups excluding tert-OH is 1. The van der Waals surface area contributed by atoms with Crippen LogP contribution in [0.5, 0.6) is 0 Å². The molecule has 0 saturated carbocycles. The Hall–Kier alpha value is -1.04. The molecule has 0 amide bonds. The quantitative estimate of drug-likeness (QED) is 0.832. The molecular weight excluding hydrogens is 218 g/mol. The van der Waals surface area contributed by atoms with Crippen molar-refractivity contribution in [2.45, 2.75) is 25.6 Å². The average molecular weight is 237 g/mol. The number of hydrogen-bond acceptors (Lipinski definition) is 5. The summed E-state index contributed by atoms with van der Waals surface area (Å²) in [7, 11) is 0. The Bertz CT molecular complexity index is 332. The number of morpholine rings is 1. The average Bonchev–Trinajstić information content (AvgIpc) is 2.40. The fourth-order valence-corrected chi connectivity index (χ4v) is 2.10. The second-order valence-corrected chi connectivity index (χ2v) is 4.28. The third-order valence-corrected chi connectivity index (χ3v) is 2.96. The highest BCUT2D eigenvalue weighted by atomic mass is 16.5. The van der Waals surface area contributed by atoms with E-state index in [-0.39, 0.29) is 6.10 Å². The van der Waals surface area contributed by atoms with Crippen molar-refractivity contribution < 1.29 is 9.84 Å². The maximum Gasteiger partial charge on any atom is 0.125 e. The lowest BCUT2D eigenvalue weighted by Crippen LogP contribution is -2.45. The normalized spacial score (nSPS) is 23.5. The fraction of sp³-hybridized carbons (Fsp3) is 0.667. The Morgan fingerprint density at radius 3 is 3.18 bits per heavy atom. The van der Waals surface area contributed by atoms with Crippen LogP contribution in [0.15, 0.2) is 18.6 Å². The van der Waals surface area contributed by atoms with E-state index in [0.717, 1.165) is 26.1 Å². The molecule has 0 radical (unpaired) electrons. The van der Waals surface area contributed by atoms with E-state index < -0.39 is 6.10 Å². The van der Waals surface area contributed by atoms with Gasteiger partial charge in [0.15, 0.2) is 0 Å². The monoisotopic (exact) mass is 237 g/mol. The van der Waals surface area contributed by atoms with Gasteiger partial charge in [-0.05, 0) is 13.0 Å². The summed E-state index contributed by atoms with van der Waals surface area (Å²) in [6, 6.07) is 0. The molecule has 2 unspecified atom stereocenters. The van der Waals surface area contributed by atoms with E-state index in [2.05, 4.69) is 21.8 Å². The van der Waals surface area contributed by atoms with Gasteiger partial charge in [-0.25, -0.2) is 0 Å². The first-order valence-electron chi connectivity index (χ1n) is 6.09. The Kier molecular flexibility index (Phi) is 4.42. The van der Waals surface area contributed by atoms with E-state index in [1.807, 2.05) is 0 Å². The third kappa shape index (κ3) is 3.21. The van der Waals surface area contributed by atoms with Crippen molar-refractivity contribution in [2.24, 2.45) is 0 Å². The van der Waals surface area contributed by atoms with E-state index in [4.69, 9.17) is 4.74 Å². The topological polar surface area (TPSA) is 58.5 Å². The zero-order valence-corrected chi connectivity index (χ0v) is 10.1. The van der Waals surface area contributed by atoms with E-state index in [9.17, 15) is 5.11 Å². The minimum Gasteiger partial charge on any atom is -0.384 e. The highest BCUT2D eigenvalue weighted by Crippen LogP contribution is 2.20. The van der Waals surface area contributed by atoms with Crippen molar-refractivity contribution in [1.29, 1.82) is 0 Å². The smallest absolute Gasteiger partial charge is 0.125 e. The molecule has 0 spiro atoms. The Morgan fingerprint density at radius 2 is 2.47 bits per heavy atom. The summed E-state index contributed by atoms with van der Waals surface area (Å²) >= 11 is 0. The number of nitrogens with zero attached hydrogens (tertiary/aromatic N) is 3. The molecule has 5 heteroatoms. The van der Waals surface area contributed by atoms with Crippen LogP contribution in [0.1, 0.15) is 25.1 Å². The maximum absolute atomic E-state index is 10.2. The first-order chi connectivity index (χ1) is 8.31. The van der Waals surface area contributed by atoms with Crippen molar-refractivity contribution in [2.75, 3.05) is 26.2 Å². The van der Waals surface area contributed by atoms with E-state index in [0.29, 0.717) is 12.3 Å². The van der Waals surface area contributed by atoms with Gasteiger partial charge in [-0.3, -0.25) is 14.9 Å². The summed E-state index contributed by atoms with van der Waals surface area (Å²) in [6.45, 7) is 5.57. The first-order valence-corrected chi connectivity index (χ1v) is 6.09. The van der Waals surface area contributed by atoms with Crippen LogP contribution in [-0.4, -0.2) is 52.3 Å². The van der Waals surface area contributed by atoms with Gasteiger partial charge in [0.1, 0.15) is 12.2 Å². The molecule has 1 N–H and O–H groups in total. The third-order valence-electron chi connectivity index (χ3n) is 2.96. The first kappa shape index (κ1) is 12.4. The van der Waals surface area contributed by atoms with Crippen LogP contribution in [0.2, 0.25) is 0 Å². The standard InChI is InChI=1S/C12H19N3O2/c1-2-5-15-6-7-17-11(9-15)12(16)10-8-13-3-4-14-10/h3-4,8,11-12,16H,2,5-7,9H2,1H3. The van der Waals surface area contributed by atoms with Gasteiger partial charge in [0.25, 0.3) is 0 Å². The number of aliphatic hydroxyl groups is 1. The summed E-state index contributed by atoms with van der Waals surface area (Å²) in [5, 5.41) is 10.2. The van der Waals surface area contributed by atoms with Crippen LogP contribution in [0.3, 0.4) is 0 Å². The van der Waals surface area contributed by atoms with Crippen LogP contribution >= 0.6 is 0 Å². The summed E-state index contributed by atoms with van der Waals surface area (Å²) in [4.78, 5) is 10.4. The van der Waals surface area contributed by atoms with Gasteiger partial charge in [0.2, 0.25) is 0 Å². The number of ether oxygens (including phenoxy) is 1. The summed E-state index contributed by atoms with van der Waals surface area (Å²) in [5.74, 6) is 0. The van der Waals surface area contributed by atoms with Gasteiger partial charge in [-0.2, -0.15) is 0 Å². The molecular formula is C12H19N3O2. The Balaban J connectivity index is 1.97. The molecule has 94 valence electrons. The predicted molar refractivity (Wildman–Crippen MR) is 63.5 cm³/mol. The molecule has 0 aliphatic carbocycles. The summed E-state index contributed by atoms with van der Waals surface area (Å²) < 4.78 is 5.61. The Morgan fingerprint density at radius 1 is 1.59 bits per heavy atom. The Labute approximate surface area is 101 Å². The van der Waals surface area contributed by atoms with Gasteiger partial charge >= 0.3 is 0 Å². The molecule has 2 atom stereocenters. The molecule has 1 aromatic heterocycles. The van der Waals surface area contributed by atoms with Gasteiger partial charge < -0.3 is 9.84 Å². The van der Waals surface area contributed by atoms with Crippen molar-refractivity contribution in [3.63, 3.8) is 0 Å². The summed E-state index contributed by atoms with van der Waals surface area (Å²) in [6.07, 6.45) is 5.00. The zero-order chi connectivity index (χ0) is 12.1. The second kappa shape index (κ2) is 6.05. The highest BCUT2D eigenvalue weighted by molar-refractivity contribution is 5.02. The van der Waals surface area contributed by atoms with Crippen LogP contribution in [0.4, 0.5) is 0 Å². The molecule has 1 aliphatic rings. The van der Waals surface area contributed by atoms with Crippen molar-refractivity contribution in [3.05, 3.63) is 24.3 Å². The predicted octanol–water partition coefficient (Wildman–Crippen LogP) is 0.621. The molecule has 0 bridgehead atoms. The lowest BCUT2D eigenvalue weighted by molar-refractivity contribution is -0.0911. The van der Waals surface area contributed by atoms with Crippen LogP contribution in [0, 0.1) is 0 Å². The molecule has 2 heterocycles. The minimum atomic E-state index is -0.691. The van der Waals surface area contributed by atoms with Crippen LogP contribution in [-0.2, 0) is 4.74 Å². The van der Waals surface area contributed by atoms with E-state index >= 15 is 0 Å². The molecule has 2 rings (SSSR count). The number of hydrogen-bond donors (Lipinski definition) is 1. The van der Waals surface area contributed by atoms with E-state index in [1.54, 1.807) is 18.6 Å².